The minimum absolute atomic E-state index is 0.185. The fourth-order valence-electron chi connectivity index (χ4n) is 1.75. The van der Waals surface area contributed by atoms with E-state index in [0.717, 1.165) is 12.3 Å². The molecule has 102 valence electrons. The molecule has 1 aliphatic heterocycles. The lowest BCUT2D eigenvalue weighted by molar-refractivity contribution is -0.117. The van der Waals surface area contributed by atoms with Gasteiger partial charge in [0.25, 0.3) is 0 Å². The summed E-state index contributed by atoms with van der Waals surface area (Å²) in [4.78, 5) is 22.7. The number of benzene rings is 1. The van der Waals surface area contributed by atoms with Gasteiger partial charge < -0.3 is 20.8 Å². The highest BCUT2D eigenvalue weighted by atomic mass is 32.2. The van der Waals surface area contributed by atoms with Gasteiger partial charge in [0.1, 0.15) is 11.3 Å². The Labute approximate surface area is 114 Å². The molecule has 1 atom stereocenters. The van der Waals surface area contributed by atoms with Crippen LogP contribution in [0.5, 0.6) is 5.75 Å². The molecule has 1 aromatic rings. The summed E-state index contributed by atoms with van der Waals surface area (Å²) in [5, 5.41) is 24.1. The number of nitrogens with one attached hydrogen (secondary N) is 2. The highest BCUT2D eigenvalue weighted by molar-refractivity contribution is 7.99. The second-order valence-electron chi connectivity index (χ2n) is 4.11. The summed E-state index contributed by atoms with van der Waals surface area (Å²) < 4.78 is 0. The maximum atomic E-state index is 11.9. The van der Waals surface area contributed by atoms with E-state index < -0.39 is 5.97 Å². The molecule has 1 aliphatic rings. The number of carboxylic acids is 1. The van der Waals surface area contributed by atoms with E-state index in [1.165, 1.54) is 18.2 Å². The van der Waals surface area contributed by atoms with Crippen molar-refractivity contribution in [1.82, 2.24) is 5.32 Å². The van der Waals surface area contributed by atoms with Gasteiger partial charge in [-0.3, -0.25) is 4.79 Å². The second-order valence-corrected chi connectivity index (χ2v) is 5.26. The average Bonchev–Trinajstić information content (AvgIpc) is 2.39. The molecule has 1 fully saturated rings. The number of phenols is 1. The molecule has 0 bridgehead atoms. The van der Waals surface area contributed by atoms with Gasteiger partial charge in [0, 0.05) is 29.8 Å². The summed E-state index contributed by atoms with van der Waals surface area (Å²) in [7, 11) is 0. The van der Waals surface area contributed by atoms with Crippen LogP contribution in [0, 0.1) is 0 Å². The molecule has 0 saturated carbocycles. The standard InChI is InChI=1S/C12H14N2O4S/c15-10-5-7(1-2-8(10)12(17)18)14-11(16)9-6-19-4-3-13-9/h1-2,5,9,13,15H,3-4,6H2,(H,14,16)(H,17,18). The number of hydrogen-bond acceptors (Lipinski definition) is 5. The van der Waals surface area contributed by atoms with Gasteiger partial charge in [-0.15, -0.1) is 0 Å². The molecule has 0 aliphatic carbocycles. The minimum atomic E-state index is -1.21. The lowest BCUT2D eigenvalue weighted by Crippen LogP contribution is -2.46. The quantitative estimate of drug-likeness (QED) is 0.652. The van der Waals surface area contributed by atoms with Gasteiger partial charge in [-0.05, 0) is 12.1 Å². The first kappa shape index (κ1) is 13.7. The van der Waals surface area contributed by atoms with Crippen molar-refractivity contribution >= 4 is 29.3 Å². The van der Waals surface area contributed by atoms with Crippen LogP contribution in [-0.2, 0) is 4.79 Å². The summed E-state index contributed by atoms with van der Waals surface area (Å²) in [6, 6.07) is 3.69. The number of carbonyl (C=O) groups excluding carboxylic acids is 1. The van der Waals surface area contributed by atoms with Gasteiger partial charge >= 0.3 is 5.97 Å². The molecule has 1 saturated heterocycles. The zero-order valence-corrected chi connectivity index (χ0v) is 10.9. The highest BCUT2D eigenvalue weighted by Crippen LogP contribution is 2.22. The van der Waals surface area contributed by atoms with Crippen molar-refractivity contribution in [2.45, 2.75) is 6.04 Å². The van der Waals surface area contributed by atoms with Crippen molar-refractivity contribution in [3.05, 3.63) is 23.8 Å². The maximum Gasteiger partial charge on any atom is 0.339 e. The van der Waals surface area contributed by atoms with Crippen LogP contribution >= 0.6 is 11.8 Å². The first-order valence-electron chi connectivity index (χ1n) is 5.76. The molecule has 0 aromatic heterocycles. The number of anilines is 1. The van der Waals surface area contributed by atoms with Crippen LogP contribution in [0.15, 0.2) is 18.2 Å². The summed E-state index contributed by atoms with van der Waals surface area (Å²) >= 11 is 1.70. The predicted octanol–water partition coefficient (Wildman–Crippen LogP) is 0.734. The fourth-order valence-corrected chi connectivity index (χ4v) is 2.69. The maximum absolute atomic E-state index is 11.9. The van der Waals surface area contributed by atoms with E-state index in [-0.39, 0.29) is 23.3 Å². The Kier molecular flexibility index (Phi) is 4.28. The zero-order chi connectivity index (χ0) is 13.8. The molecule has 2 rings (SSSR count). The van der Waals surface area contributed by atoms with Gasteiger partial charge in [0.2, 0.25) is 5.91 Å². The Morgan fingerprint density at radius 2 is 2.21 bits per heavy atom. The fraction of sp³-hybridized carbons (Fsp3) is 0.333. The van der Waals surface area contributed by atoms with Crippen molar-refractivity contribution in [1.29, 1.82) is 0 Å². The number of carboxylic acid groups (broad SMARTS) is 1. The predicted molar refractivity (Wildman–Crippen MR) is 72.8 cm³/mol. The summed E-state index contributed by atoms with van der Waals surface area (Å²) in [6.45, 7) is 0.784. The van der Waals surface area contributed by atoms with Gasteiger partial charge in [-0.1, -0.05) is 0 Å². The highest BCUT2D eigenvalue weighted by Gasteiger charge is 2.21. The number of rotatable bonds is 3. The molecule has 0 spiro atoms. The lowest BCUT2D eigenvalue weighted by atomic mass is 10.1. The number of aromatic carboxylic acids is 1. The third-order valence-electron chi connectivity index (χ3n) is 2.73. The topological polar surface area (TPSA) is 98.7 Å². The van der Waals surface area contributed by atoms with Crippen LogP contribution in [0.25, 0.3) is 0 Å². The lowest BCUT2D eigenvalue weighted by Gasteiger charge is -2.22. The number of aromatic hydroxyl groups is 1. The molecule has 6 nitrogen and oxygen atoms in total. The third kappa shape index (κ3) is 3.39. The minimum Gasteiger partial charge on any atom is -0.507 e. The largest absolute Gasteiger partial charge is 0.507 e. The Morgan fingerprint density at radius 1 is 1.42 bits per heavy atom. The van der Waals surface area contributed by atoms with Gasteiger partial charge in [-0.2, -0.15) is 11.8 Å². The number of amides is 1. The van der Waals surface area contributed by atoms with E-state index in [1.807, 2.05) is 0 Å². The molecule has 4 N–H and O–H groups in total. The van der Waals surface area contributed by atoms with E-state index in [0.29, 0.717) is 11.4 Å². The first-order valence-corrected chi connectivity index (χ1v) is 6.91. The van der Waals surface area contributed by atoms with E-state index >= 15 is 0 Å². The van der Waals surface area contributed by atoms with Crippen molar-refractivity contribution in [3.8, 4) is 5.75 Å². The van der Waals surface area contributed by atoms with Crippen LogP contribution in [0.2, 0.25) is 0 Å². The molecule has 1 aromatic carbocycles. The Bertz CT molecular complexity index is 501. The number of hydrogen-bond donors (Lipinski definition) is 4. The normalized spacial score (nSPS) is 18.8. The van der Waals surface area contributed by atoms with Gasteiger partial charge in [0.05, 0.1) is 6.04 Å². The van der Waals surface area contributed by atoms with Crippen molar-refractivity contribution in [3.63, 3.8) is 0 Å². The van der Waals surface area contributed by atoms with Crippen molar-refractivity contribution in [2.75, 3.05) is 23.4 Å². The van der Waals surface area contributed by atoms with Gasteiger partial charge in [-0.25, -0.2) is 4.79 Å². The molecule has 7 heteroatoms. The van der Waals surface area contributed by atoms with Crippen LogP contribution in [0.3, 0.4) is 0 Å². The van der Waals surface area contributed by atoms with E-state index in [4.69, 9.17) is 5.11 Å². The molecule has 0 radical (unpaired) electrons. The average molecular weight is 282 g/mol. The molecule has 19 heavy (non-hydrogen) atoms. The number of thioether (sulfide) groups is 1. The van der Waals surface area contributed by atoms with E-state index in [1.54, 1.807) is 11.8 Å². The van der Waals surface area contributed by atoms with Crippen molar-refractivity contribution < 1.29 is 19.8 Å². The summed E-state index contributed by atoms with van der Waals surface area (Å²) in [5.41, 5.74) is 0.189. The first-order chi connectivity index (χ1) is 9.08. The van der Waals surface area contributed by atoms with E-state index in [2.05, 4.69) is 10.6 Å². The van der Waals surface area contributed by atoms with Crippen LogP contribution in [-0.4, -0.2) is 46.2 Å². The van der Waals surface area contributed by atoms with Crippen LogP contribution in [0.1, 0.15) is 10.4 Å². The molecule has 1 unspecified atom stereocenters. The second kappa shape index (κ2) is 5.94. The summed E-state index contributed by atoms with van der Waals surface area (Å²) in [5.74, 6) is -0.0743. The van der Waals surface area contributed by atoms with Crippen LogP contribution in [0.4, 0.5) is 5.69 Å². The molecule has 1 heterocycles. The monoisotopic (exact) mass is 282 g/mol. The third-order valence-corrected chi connectivity index (χ3v) is 3.80. The van der Waals surface area contributed by atoms with E-state index in [9.17, 15) is 14.7 Å². The SMILES string of the molecule is O=C(O)c1ccc(NC(=O)C2CSCCN2)cc1O. The van der Waals surface area contributed by atoms with Crippen LogP contribution < -0.4 is 10.6 Å². The molecular weight excluding hydrogens is 268 g/mol. The Morgan fingerprint density at radius 3 is 2.79 bits per heavy atom. The smallest absolute Gasteiger partial charge is 0.339 e. The zero-order valence-electron chi connectivity index (χ0n) is 10.0. The summed E-state index contributed by atoms with van der Waals surface area (Å²) in [6.07, 6.45) is 0. The van der Waals surface area contributed by atoms with Gasteiger partial charge in [0.15, 0.2) is 0 Å². The van der Waals surface area contributed by atoms with Crippen molar-refractivity contribution in [2.24, 2.45) is 0 Å². The number of carbonyl (C=O) groups is 2. The Balaban J connectivity index is 2.04. The molecule has 1 amide bonds. The Hall–Kier alpha value is -1.73. The molecular formula is C12H14N2O4S.